The molecule has 1 aliphatic heterocycles. The molecule has 0 spiro atoms. The number of anilines is 1. The Morgan fingerprint density at radius 2 is 1.79 bits per heavy atom. The molecular formula is C19H23ClN4O4S. The van der Waals surface area contributed by atoms with Gasteiger partial charge < -0.3 is 10.2 Å². The third kappa shape index (κ3) is 4.69. The summed E-state index contributed by atoms with van der Waals surface area (Å²) in [5.74, 6) is 0. The summed E-state index contributed by atoms with van der Waals surface area (Å²) >= 11 is 6.21. The molecule has 0 radical (unpaired) electrons. The second-order valence-corrected chi connectivity index (χ2v) is 9.38. The number of nitrogens with zero attached hydrogens (tertiary/aromatic N) is 3. The average molecular weight is 439 g/mol. The van der Waals surface area contributed by atoms with E-state index in [4.69, 9.17) is 11.6 Å². The predicted octanol–water partition coefficient (Wildman–Crippen LogP) is 3.36. The highest BCUT2D eigenvalue weighted by Gasteiger charge is 2.30. The van der Waals surface area contributed by atoms with Crippen LogP contribution in [0.3, 0.4) is 0 Å². The van der Waals surface area contributed by atoms with Gasteiger partial charge in [-0.25, -0.2) is 8.42 Å². The summed E-state index contributed by atoms with van der Waals surface area (Å²) in [5.41, 5.74) is 0.733. The first-order valence-electron chi connectivity index (χ1n) is 9.18. The Labute approximate surface area is 175 Å². The number of piperazine rings is 1. The molecule has 156 valence electrons. The number of halogens is 1. The number of nitro benzene ring substituents is 1. The van der Waals surface area contributed by atoms with Gasteiger partial charge in [-0.2, -0.15) is 4.31 Å². The van der Waals surface area contributed by atoms with E-state index >= 15 is 0 Å². The molecule has 2 aromatic rings. The topological polar surface area (TPSA) is 95.8 Å². The Bertz CT molecular complexity index is 1010. The van der Waals surface area contributed by atoms with Crippen LogP contribution in [0.5, 0.6) is 0 Å². The van der Waals surface area contributed by atoms with Gasteiger partial charge in [0.15, 0.2) is 0 Å². The molecule has 1 atom stereocenters. The summed E-state index contributed by atoms with van der Waals surface area (Å²) in [6.45, 7) is 3.79. The van der Waals surface area contributed by atoms with Crippen LogP contribution in [-0.2, 0) is 10.0 Å². The van der Waals surface area contributed by atoms with Gasteiger partial charge in [-0.1, -0.05) is 29.8 Å². The van der Waals surface area contributed by atoms with Gasteiger partial charge in [-0.15, -0.1) is 0 Å². The van der Waals surface area contributed by atoms with Crippen molar-refractivity contribution in [2.75, 3.05) is 38.5 Å². The van der Waals surface area contributed by atoms with E-state index in [2.05, 4.69) is 5.32 Å². The Kier molecular flexibility index (Phi) is 6.42. The molecule has 0 amide bonds. The predicted molar refractivity (Wildman–Crippen MR) is 113 cm³/mol. The van der Waals surface area contributed by atoms with Crippen molar-refractivity contribution in [2.24, 2.45) is 0 Å². The van der Waals surface area contributed by atoms with E-state index in [1.807, 2.05) is 31.0 Å². The van der Waals surface area contributed by atoms with Crippen LogP contribution >= 0.6 is 11.6 Å². The first kappa shape index (κ1) is 21.5. The summed E-state index contributed by atoms with van der Waals surface area (Å²) in [4.78, 5) is 13.0. The highest BCUT2D eigenvalue weighted by atomic mass is 35.5. The quantitative estimate of drug-likeness (QED) is 0.548. The number of sulfonamides is 1. The van der Waals surface area contributed by atoms with Crippen LogP contribution in [0, 0.1) is 10.1 Å². The lowest BCUT2D eigenvalue weighted by Crippen LogP contribution is -2.47. The fourth-order valence-corrected chi connectivity index (χ4v) is 5.00. The van der Waals surface area contributed by atoms with Crippen molar-refractivity contribution < 1.29 is 13.3 Å². The number of nitro groups is 1. The molecule has 0 aliphatic carbocycles. The standard InChI is InChI=1S/C19H23ClN4O4S/c1-14(16-5-3-4-6-17(16)20)21-18-8-7-15(13-19(18)24(25)26)29(27,28)23-11-9-22(2)10-12-23/h3-8,13-14,21H,9-12H2,1-2H3/t14-/m1/s1. The average Bonchev–Trinajstić information content (AvgIpc) is 2.68. The maximum absolute atomic E-state index is 12.9. The second-order valence-electron chi connectivity index (χ2n) is 7.03. The second kappa shape index (κ2) is 8.66. The highest BCUT2D eigenvalue weighted by molar-refractivity contribution is 7.89. The maximum atomic E-state index is 12.9. The van der Waals surface area contributed by atoms with Crippen LogP contribution in [0.25, 0.3) is 0 Å². The van der Waals surface area contributed by atoms with Crippen LogP contribution in [0.2, 0.25) is 5.02 Å². The first-order chi connectivity index (χ1) is 13.7. The van der Waals surface area contributed by atoms with E-state index in [1.54, 1.807) is 12.1 Å². The van der Waals surface area contributed by atoms with E-state index in [0.29, 0.717) is 31.2 Å². The summed E-state index contributed by atoms with van der Waals surface area (Å²) in [6.07, 6.45) is 0. The van der Waals surface area contributed by atoms with E-state index in [1.165, 1.54) is 16.4 Å². The van der Waals surface area contributed by atoms with Gasteiger partial charge in [-0.3, -0.25) is 10.1 Å². The molecule has 0 unspecified atom stereocenters. The number of nitrogens with one attached hydrogen (secondary N) is 1. The normalized spacial score (nSPS) is 17.1. The van der Waals surface area contributed by atoms with Crippen molar-refractivity contribution in [3.8, 4) is 0 Å². The Hall–Kier alpha value is -2.20. The van der Waals surface area contributed by atoms with Gasteiger partial charge in [0.2, 0.25) is 10.0 Å². The molecule has 1 fully saturated rings. The minimum absolute atomic E-state index is 0.0790. The lowest BCUT2D eigenvalue weighted by atomic mass is 10.1. The third-order valence-corrected chi connectivity index (χ3v) is 7.25. The monoisotopic (exact) mass is 438 g/mol. The summed E-state index contributed by atoms with van der Waals surface area (Å²) in [7, 11) is -1.87. The molecule has 3 rings (SSSR count). The van der Waals surface area contributed by atoms with Gasteiger partial charge in [0.25, 0.3) is 5.69 Å². The van der Waals surface area contributed by atoms with Crippen molar-refractivity contribution in [1.29, 1.82) is 0 Å². The molecule has 1 N–H and O–H groups in total. The summed E-state index contributed by atoms with van der Waals surface area (Å²) < 4.78 is 27.2. The molecule has 1 saturated heterocycles. The number of rotatable bonds is 6. The van der Waals surface area contributed by atoms with Crippen LogP contribution in [-0.4, -0.2) is 55.8 Å². The zero-order chi connectivity index (χ0) is 21.2. The Morgan fingerprint density at radius 1 is 1.14 bits per heavy atom. The summed E-state index contributed by atoms with van der Waals surface area (Å²) in [6, 6.07) is 10.9. The lowest BCUT2D eigenvalue weighted by Gasteiger charge is -2.31. The van der Waals surface area contributed by atoms with Gasteiger partial charge in [0.05, 0.1) is 15.9 Å². The molecule has 29 heavy (non-hydrogen) atoms. The fourth-order valence-electron chi connectivity index (χ4n) is 3.26. The van der Waals surface area contributed by atoms with Gasteiger partial charge in [0, 0.05) is 37.3 Å². The van der Waals surface area contributed by atoms with Gasteiger partial charge >= 0.3 is 0 Å². The molecule has 8 nitrogen and oxygen atoms in total. The zero-order valence-corrected chi connectivity index (χ0v) is 17.8. The van der Waals surface area contributed by atoms with E-state index in [0.717, 1.165) is 11.6 Å². The Balaban J connectivity index is 1.89. The van der Waals surface area contributed by atoms with Crippen molar-refractivity contribution >= 4 is 33.0 Å². The first-order valence-corrected chi connectivity index (χ1v) is 11.0. The molecule has 0 aromatic heterocycles. The minimum atomic E-state index is -3.79. The number of likely N-dealkylation sites (N-methyl/N-ethyl adjacent to an activating group) is 1. The zero-order valence-electron chi connectivity index (χ0n) is 16.2. The van der Waals surface area contributed by atoms with Gasteiger partial charge in [-0.05, 0) is 37.7 Å². The third-order valence-electron chi connectivity index (χ3n) is 5.01. The minimum Gasteiger partial charge on any atom is -0.373 e. The largest absolute Gasteiger partial charge is 0.373 e. The van der Waals surface area contributed by atoms with Crippen molar-refractivity contribution in [3.05, 3.63) is 63.2 Å². The van der Waals surface area contributed by atoms with E-state index in [9.17, 15) is 18.5 Å². The molecule has 0 bridgehead atoms. The SMILES string of the molecule is C[C@@H](Nc1ccc(S(=O)(=O)N2CCN(C)CC2)cc1[N+](=O)[O-])c1ccccc1Cl. The number of hydrogen-bond donors (Lipinski definition) is 1. The van der Waals surface area contributed by atoms with Crippen molar-refractivity contribution in [2.45, 2.75) is 17.9 Å². The number of hydrogen-bond acceptors (Lipinski definition) is 6. The van der Waals surface area contributed by atoms with Crippen LogP contribution in [0.1, 0.15) is 18.5 Å². The molecule has 0 saturated carbocycles. The summed E-state index contributed by atoms with van der Waals surface area (Å²) in [5, 5.41) is 15.2. The van der Waals surface area contributed by atoms with Crippen LogP contribution in [0.4, 0.5) is 11.4 Å². The van der Waals surface area contributed by atoms with Crippen molar-refractivity contribution in [3.63, 3.8) is 0 Å². The highest BCUT2D eigenvalue weighted by Crippen LogP contribution is 2.33. The van der Waals surface area contributed by atoms with Crippen LogP contribution < -0.4 is 5.32 Å². The van der Waals surface area contributed by atoms with E-state index in [-0.39, 0.29) is 22.3 Å². The Morgan fingerprint density at radius 3 is 2.41 bits per heavy atom. The fraction of sp³-hybridized carbons (Fsp3) is 0.368. The van der Waals surface area contributed by atoms with Crippen LogP contribution in [0.15, 0.2) is 47.4 Å². The smallest absolute Gasteiger partial charge is 0.293 e. The number of benzene rings is 2. The lowest BCUT2D eigenvalue weighted by molar-refractivity contribution is -0.384. The van der Waals surface area contributed by atoms with Crippen molar-refractivity contribution in [1.82, 2.24) is 9.21 Å². The maximum Gasteiger partial charge on any atom is 0.293 e. The molecule has 1 aliphatic rings. The van der Waals surface area contributed by atoms with E-state index < -0.39 is 14.9 Å². The molecular weight excluding hydrogens is 416 g/mol. The molecule has 1 heterocycles. The molecule has 10 heteroatoms. The van der Waals surface area contributed by atoms with Gasteiger partial charge in [0.1, 0.15) is 5.69 Å². The molecule has 2 aromatic carbocycles.